The second-order valence-electron chi connectivity index (χ2n) is 4.20. The Morgan fingerprint density at radius 3 is 2.21 bits per heavy atom. The van der Waals surface area contributed by atoms with Crippen LogP contribution in [0.3, 0.4) is 0 Å². The van der Waals surface area contributed by atoms with Crippen LogP contribution >= 0.6 is 0 Å². The highest BCUT2D eigenvalue weighted by Gasteiger charge is 2.13. The average molecular weight is 282 g/mol. The zero-order valence-corrected chi connectivity index (χ0v) is 11.9. The third-order valence-electron chi connectivity index (χ3n) is 2.74. The van der Waals surface area contributed by atoms with Gasteiger partial charge in [-0.05, 0) is 36.1 Å². The Morgan fingerprint density at radius 2 is 1.79 bits per heavy atom. The lowest BCUT2D eigenvalue weighted by Gasteiger charge is -2.06. The highest BCUT2D eigenvalue weighted by Crippen LogP contribution is 2.21. The van der Waals surface area contributed by atoms with Gasteiger partial charge in [0.1, 0.15) is 0 Å². The van der Waals surface area contributed by atoms with Gasteiger partial charge in [0.25, 0.3) is 0 Å². The molecule has 0 saturated carbocycles. The average Bonchev–Trinajstić information content (AvgIpc) is 2.36. The Kier molecular flexibility index (Phi) is 5.30. The van der Waals surface area contributed by atoms with Crippen molar-refractivity contribution in [3.8, 4) is 0 Å². The van der Waals surface area contributed by atoms with Crippen molar-refractivity contribution in [1.82, 2.24) is 0 Å². The van der Waals surface area contributed by atoms with Crippen molar-refractivity contribution >= 4 is 21.4 Å². The van der Waals surface area contributed by atoms with Gasteiger partial charge < -0.3 is 5.11 Å². The molecule has 0 aromatic heterocycles. The van der Waals surface area contributed by atoms with Gasteiger partial charge in [-0.1, -0.05) is 26.0 Å². The van der Waals surface area contributed by atoms with Crippen LogP contribution in [0.1, 0.15) is 32.3 Å². The van der Waals surface area contributed by atoms with E-state index in [4.69, 9.17) is 5.11 Å². The molecular weight excluding hydrogens is 264 g/mol. The fraction of sp³-hybridized carbons (Fsp3) is 0.357. The number of rotatable bonds is 6. The number of aliphatic carboxylic acids is 1. The lowest BCUT2D eigenvalue weighted by molar-refractivity contribution is -0.131. The first-order valence-corrected chi connectivity index (χ1v) is 7.82. The third-order valence-corrected chi connectivity index (χ3v) is 4.67. The van der Waals surface area contributed by atoms with Gasteiger partial charge in [-0.15, -0.1) is 0 Å². The second-order valence-corrected chi connectivity index (χ2v) is 6.31. The van der Waals surface area contributed by atoms with E-state index >= 15 is 0 Å². The summed E-state index contributed by atoms with van der Waals surface area (Å²) in [5.41, 5.74) is 1.41. The molecule has 0 radical (unpaired) electrons. The predicted octanol–water partition coefficient (Wildman–Crippen LogP) is 2.75. The van der Waals surface area contributed by atoms with Crippen LogP contribution in [0.25, 0.3) is 5.57 Å². The second kappa shape index (κ2) is 6.52. The number of benzene rings is 1. The van der Waals surface area contributed by atoms with Crippen LogP contribution < -0.4 is 0 Å². The number of sulfone groups is 1. The van der Waals surface area contributed by atoms with E-state index in [9.17, 15) is 13.2 Å². The van der Waals surface area contributed by atoms with Crippen LogP contribution in [0.15, 0.2) is 35.2 Å². The lowest BCUT2D eigenvalue weighted by Crippen LogP contribution is -2.05. The summed E-state index contributed by atoms with van der Waals surface area (Å²) < 4.78 is 23.7. The molecule has 0 aliphatic rings. The largest absolute Gasteiger partial charge is 0.478 e. The van der Waals surface area contributed by atoms with E-state index in [0.29, 0.717) is 18.4 Å². The van der Waals surface area contributed by atoms with Crippen LogP contribution in [0, 0.1) is 0 Å². The SMILES string of the molecule is CCCS(=O)(=O)c1ccc(/C(=C/C(=O)O)CC)cc1. The molecule has 4 nitrogen and oxygen atoms in total. The topological polar surface area (TPSA) is 71.4 Å². The number of carbonyl (C=O) groups is 1. The maximum atomic E-state index is 11.9. The molecule has 0 spiro atoms. The van der Waals surface area contributed by atoms with Gasteiger partial charge in [-0.3, -0.25) is 0 Å². The van der Waals surface area contributed by atoms with Crippen LogP contribution in [0.2, 0.25) is 0 Å². The van der Waals surface area contributed by atoms with Crippen molar-refractivity contribution in [2.45, 2.75) is 31.6 Å². The van der Waals surface area contributed by atoms with Gasteiger partial charge in [0.05, 0.1) is 10.6 Å². The van der Waals surface area contributed by atoms with Crippen molar-refractivity contribution in [3.63, 3.8) is 0 Å². The van der Waals surface area contributed by atoms with Gasteiger partial charge in [0.2, 0.25) is 0 Å². The van der Waals surface area contributed by atoms with Gasteiger partial charge in [0.15, 0.2) is 9.84 Å². The first kappa shape index (κ1) is 15.4. The summed E-state index contributed by atoms with van der Waals surface area (Å²) in [5, 5.41) is 8.76. The Hall–Kier alpha value is -1.62. The van der Waals surface area contributed by atoms with Gasteiger partial charge in [-0.25, -0.2) is 13.2 Å². The molecule has 1 aromatic carbocycles. The Morgan fingerprint density at radius 1 is 1.21 bits per heavy atom. The molecule has 0 atom stereocenters. The number of allylic oxidation sites excluding steroid dienone is 1. The summed E-state index contributed by atoms with van der Waals surface area (Å²) in [7, 11) is -3.22. The highest BCUT2D eigenvalue weighted by atomic mass is 32.2. The molecule has 1 aromatic rings. The van der Waals surface area contributed by atoms with Crippen LogP contribution in [-0.2, 0) is 14.6 Å². The summed E-state index contributed by atoms with van der Waals surface area (Å²) in [6.07, 6.45) is 2.30. The predicted molar refractivity (Wildman–Crippen MR) is 74.7 cm³/mol. The van der Waals surface area contributed by atoms with E-state index in [1.165, 1.54) is 12.1 Å². The molecule has 0 unspecified atom stereocenters. The lowest BCUT2D eigenvalue weighted by atomic mass is 10.0. The maximum Gasteiger partial charge on any atom is 0.328 e. The summed E-state index contributed by atoms with van der Waals surface area (Å²) in [6, 6.07) is 6.37. The number of carboxylic acids is 1. The Bertz CT molecular complexity index is 568. The summed E-state index contributed by atoms with van der Waals surface area (Å²) >= 11 is 0. The first-order chi connectivity index (χ1) is 8.90. The standard InChI is InChI=1S/C14H18O4S/c1-3-9-19(17,18)13-7-5-12(6-8-13)11(4-2)10-14(15)16/h5-8,10H,3-4,9H2,1-2H3,(H,15,16)/b11-10+. The minimum atomic E-state index is -3.22. The van der Waals surface area contributed by atoms with Crippen LogP contribution in [0.4, 0.5) is 0 Å². The normalized spacial score (nSPS) is 12.4. The Balaban J connectivity index is 3.09. The van der Waals surface area contributed by atoms with E-state index < -0.39 is 15.8 Å². The number of carboxylic acid groups (broad SMARTS) is 1. The quantitative estimate of drug-likeness (QED) is 0.814. The molecule has 1 rings (SSSR count). The fourth-order valence-corrected chi connectivity index (χ4v) is 3.13. The van der Waals surface area contributed by atoms with Crippen molar-refractivity contribution < 1.29 is 18.3 Å². The summed E-state index contributed by atoms with van der Waals surface area (Å²) in [6.45, 7) is 3.67. The minimum Gasteiger partial charge on any atom is -0.478 e. The van der Waals surface area contributed by atoms with E-state index in [2.05, 4.69) is 0 Å². The van der Waals surface area contributed by atoms with Gasteiger partial charge in [0, 0.05) is 6.08 Å². The molecule has 19 heavy (non-hydrogen) atoms. The zero-order valence-electron chi connectivity index (χ0n) is 11.1. The molecule has 0 heterocycles. The van der Waals surface area contributed by atoms with Crippen molar-refractivity contribution in [1.29, 1.82) is 0 Å². The molecule has 104 valence electrons. The van der Waals surface area contributed by atoms with Gasteiger partial charge >= 0.3 is 5.97 Å². The molecule has 1 N–H and O–H groups in total. The minimum absolute atomic E-state index is 0.123. The van der Waals surface area contributed by atoms with E-state index in [1.54, 1.807) is 12.1 Å². The molecule has 0 amide bonds. The molecule has 0 bridgehead atoms. The summed E-state index contributed by atoms with van der Waals surface area (Å²) in [5.74, 6) is -0.877. The number of hydrogen-bond acceptors (Lipinski definition) is 3. The van der Waals surface area contributed by atoms with Crippen molar-refractivity contribution in [2.75, 3.05) is 5.75 Å². The highest BCUT2D eigenvalue weighted by molar-refractivity contribution is 7.91. The molecule has 0 aliphatic heterocycles. The molecule has 0 aliphatic carbocycles. The maximum absolute atomic E-state index is 11.9. The Labute approximate surface area is 113 Å². The fourth-order valence-electron chi connectivity index (χ4n) is 1.80. The molecule has 0 saturated heterocycles. The van der Waals surface area contributed by atoms with Crippen molar-refractivity contribution in [3.05, 3.63) is 35.9 Å². The van der Waals surface area contributed by atoms with E-state index in [0.717, 1.165) is 11.6 Å². The van der Waals surface area contributed by atoms with Crippen molar-refractivity contribution in [2.24, 2.45) is 0 Å². The number of hydrogen-bond donors (Lipinski definition) is 1. The molecule has 0 fully saturated rings. The monoisotopic (exact) mass is 282 g/mol. The summed E-state index contributed by atoms with van der Waals surface area (Å²) in [4.78, 5) is 11.0. The van der Waals surface area contributed by atoms with Gasteiger partial charge in [-0.2, -0.15) is 0 Å². The van der Waals surface area contributed by atoms with E-state index in [1.807, 2.05) is 13.8 Å². The first-order valence-electron chi connectivity index (χ1n) is 6.17. The zero-order chi connectivity index (χ0) is 14.5. The van der Waals surface area contributed by atoms with Crippen LogP contribution in [-0.4, -0.2) is 25.2 Å². The van der Waals surface area contributed by atoms with E-state index in [-0.39, 0.29) is 10.6 Å². The molecular formula is C14H18O4S. The third kappa shape index (κ3) is 4.21. The molecule has 5 heteroatoms. The smallest absolute Gasteiger partial charge is 0.328 e. The van der Waals surface area contributed by atoms with Crippen LogP contribution in [0.5, 0.6) is 0 Å².